The van der Waals surface area contributed by atoms with Gasteiger partial charge in [0.1, 0.15) is 0 Å². The molecule has 5 nitrogen and oxygen atoms in total. The van der Waals surface area contributed by atoms with E-state index in [1.54, 1.807) is 11.9 Å². The van der Waals surface area contributed by atoms with E-state index in [1.807, 2.05) is 0 Å². The highest BCUT2D eigenvalue weighted by atomic mass is 32.2. The number of amides is 1. The van der Waals surface area contributed by atoms with Gasteiger partial charge in [0.05, 0.1) is 6.26 Å². The largest absolute Gasteiger partial charge is 0.339 e. The van der Waals surface area contributed by atoms with E-state index in [4.69, 9.17) is 0 Å². The Kier molecular flexibility index (Phi) is 4.09. The fourth-order valence-corrected chi connectivity index (χ4v) is 2.60. The average molecular weight is 246 g/mol. The van der Waals surface area contributed by atoms with Gasteiger partial charge in [0.2, 0.25) is 15.9 Å². The van der Waals surface area contributed by atoms with Gasteiger partial charge in [-0.3, -0.25) is 4.79 Å². The first-order valence-corrected chi connectivity index (χ1v) is 7.05. The van der Waals surface area contributed by atoms with Gasteiger partial charge in [-0.25, -0.2) is 12.7 Å². The van der Waals surface area contributed by atoms with E-state index in [2.05, 4.69) is 6.58 Å². The Bertz CT molecular complexity index is 370. The predicted molar refractivity (Wildman–Crippen MR) is 62.4 cm³/mol. The number of hydrogen-bond donors (Lipinski definition) is 0. The van der Waals surface area contributed by atoms with Crippen LogP contribution in [0.25, 0.3) is 0 Å². The molecule has 0 unspecified atom stereocenters. The summed E-state index contributed by atoms with van der Waals surface area (Å²) in [6, 6.07) is 0.00358. The summed E-state index contributed by atoms with van der Waals surface area (Å²) in [7, 11) is -1.55. The van der Waals surface area contributed by atoms with Crippen LogP contribution in [0.1, 0.15) is 12.8 Å². The first kappa shape index (κ1) is 13.2. The van der Waals surface area contributed by atoms with Crippen LogP contribution in [-0.4, -0.2) is 56.0 Å². The zero-order valence-corrected chi connectivity index (χ0v) is 10.5. The number of hydrogen-bond acceptors (Lipinski definition) is 3. The number of likely N-dealkylation sites (tertiary alicyclic amines) is 1. The molecule has 1 amide bonds. The molecule has 1 saturated heterocycles. The summed E-state index contributed by atoms with van der Waals surface area (Å²) >= 11 is 0. The van der Waals surface area contributed by atoms with E-state index in [0.717, 1.165) is 0 Å². The molecule has 0 aliphatic carbocycles. The molecule has 0 atom stereocenters. The van der Waals surface area contributed by atoms with Gasteiger partial charge in [-0.2, -0.15) is 0 Å². The van der Waals surface area contributed by atoms with Crippen LogP contribution in [0, 0.1) is 0 Å². The number of sulfonamides is 1. The summed E-state index contributed by atoms with van der Waals surface area (Å²) in [5, 5.41) is 0. The molecular weight excluding hydrogens is 228 g/mol. The molecule has 0 aromatic carbocycles. The number of piperidine rings is 1. The molecule has 1 rings (SSSR count). The standard InChI is InChI=1S/C10H18N2O3S/c1-4-10(13)12-7-5-9(6-8-12)11(2)16(3,14)15/h4,9H,1,5-8H2,2-3H3. The molecule has 1 aliphatic rings. The smallest absolute Gasteiger partial charge is 0.245 e. The maximum absolute atomic E-state index is 11.3. The minimum Gasteiger partial charge on any atom is -0.339 e. The van der Waals surface area contributed by atoms with Crippen molar-refractivity contribution < 1.29 is 13.2 Å². The molecule has 16 heavy (non-hydrogen) atoms. The van der Waals surface area contributed by atoms with E-state index in [1.165, 1.54) is 16.6 Å². The Morgan fingerprint density at radius 1 is 1.44 bits per heavy atom. The molecule has 0 spiro atoms. The third-order valence-electron chi connectivity index (χ3n) is 2.99. The molecule has 0 aromatic rings. The van der Waals surface area contributed by atoms with Crippen molar-refractivity contribution in [2.75, 3.05) is 26.4 Å². The lowest BCUT2D eigenvalue weighted by Crippen LogP contribution is -2.46. The lowest BCUT2D eigenvalue weighted by molar-refractivity contribution is -0.127. The van der Waals surface area contributed by atoms with Gasteiger partial charge in [-0.15, -0.1) is 0 Å². The van der Waals surface area contributed by atoms with E-state index >= 15 is 0 Å². The first-order valence-electron chi connectivity index (χ1n) is 5.20. The van der Waals surface area contributed by atoms with Crippen LogP contribution >= 0.6 is 0 Å². The lowest BCUT2D eigenvalue weighted by atomic mass is 10.1. The van der Waals surface area contributed by atoms with Crippen LogP contribution < -0.4 is 0 Å². The van der Waals surface area contributed by atoms with Crippen molar-refractivity contribution in [2.24, 2.45) is 0 Å². The molecular formula is C10H18N2O3S. The normalized spacial score (nSPS) is 18.8. The second kappa shape index (κ2) is 4.97. The molecule has 1 heterocycles. The highest BCUT2D eigenvalue weighted by Gasteiger charge is 2.28. The minimum atomic E-state index is -3.14. The van der Waals surface area contributed by atoms with Crippen molar-refractivity contribution in [3.05, 3.63) is 12.7 Å². The van der Waals surface area contributed by atoms with Crippen molar-refractivity contribution in [3.8, 4) is 0 Å². The monoisotopic (exact) mass is 246 g/mol. The first-order chi connectivity index (χ1) is 7.36. The van der Waals surface area contributed by atoms with Crippen molar-refractivity contribution >= 4 is 15.9 Å². The van der Waals surface area contributed by atoms with Crippen LogP contribution in [-0.2, 0) is 14.8 Å². The minimum absolute atomic E-state index is 0.00358. The summed E-state index contributed by atoms with van der Waals surface area (Å²) in [6.45, 7) is 4.62. The maximum Gasteiger partial charge on any atom is 0.245 e. The van der Waals surface area contributed by atoms with Crippen LogP contribution in [0.2, 0.25) is 0 Å². The Morgan fingerprint density at radius 3 is 2.31 bits per heavy atom. The predicted octanol–water partition coefficient (Wildman–Crippen LogP) is 0.0548. The molecule has 1 aliphatic heterocycles. The molecule has 0 N–H and O–H groups in total. The quantitative estimate of drug-likeness (QED) is 0.661. The number of rotatable bonds is 3. The van der Waals surface area contributed by atoms with E-state index in [9.17, 15) is 13.2 Å². The van der Waals surface area contributed by atoms with Gasteiger partial charge >= 0.3 is 0 Å². The van der Waals surface area contributed by atoms with E-state index < -0.39 is 10.0 Å². The maximum atomic E-state index is 11.3. The van der Waals surface area contributed by atoms with E-state index in [0.29, 0.717) is 25.9 Å². The summed E-state index contributed by atoms with van der Waals surface area (Å²) in [5.74, 6) is -0.0829. The summed E-state index contributed by atoms with van der Waals surface area (Å²) < 4.78 is 24.1. The van der Waals surface area contributed by atoms with Gasteiger partial charge in [-0.1, -0.05) is 6.58 Å². The number of carbonyl (C=O) groups excluding carboxylic acids is 1. The third kappa shape index (κ3) is 3.05. The average Bonchev–Trinajstić information content (AvgIpc) is 2.26. The fraction of sp³-hybridized carbons (Fsp3) is 0.700. The van der Waals surface area contributed by atoms with Crippen LogP contribution in [0.15, 0.2) is 12.7 Å². The SMILES string of the molecule is C=CC(=O)N1CCC(N(C)S(C)(=O)=O)CC1. The van der Waals surface area contributed by atoms with Gasteiger partial charge in [-0.05, 0) is 18.9 Å². The zero-order valence-electron chi connectivity index (χ0n) is 9.72. The van der Waals surface area contributed by atoms with E-state index in [-0.39, 0.29) is 11.9 Å². The Labute approximate surface area is 96.8 Å². The van der Waals surface area contributed by atoms with Crippen molar-refractivity contribution in [1.29, 1.82) is 0 Å². The number of carbonyl (C=O) groups is 1. The molecule has 6 heteroatoms. The molecule has 1 fully saturated rings. The number of nitrogens with zero attached hydrogens (tertiary/aromatic N) is 2. The molecule has 0 saturated carbocycles. The second-order valence-electron chi connectivity index (χ2n) is 4.04. The third-order valence-corrected chi connectivity index (χ3v) is 4.33. The van der Waals surface area contributed by atoms with Crippen LogP contribution in [0.3, 0.4) is 0 Å². The highest BCUT2D eigenvalue weighted by Crippen LogP contribution is 2.17. The fourth-order valence-electron chi connectivity index (χ4n) is 1.85. The Hall–Kier alpha value is -0.880. The topological polar surface area (TPSA) is 57.7 Å². The zero-order chi connectivity index (χ0) is 12.3. The Morgan fingerprint density at radius 2 is 1.94 bits per heavy atom. The molecule has 0 aromatic heterocycles. The summed E-state index contributed by atoms with van der Waals surface area (Å²) in [6.07, 6.45) is 3.86. The highest BCUT2D eigenvalue weighted by molar-refractivity contribution is 7.88. The van der Waals surface area contributed by atoms with Crippen molar-refractivity contribution in [3.63, 3.8) is 0 Å². The van der Waals surface area contributed by atoms with Gasteiger partial charge < -0.3 is 4.90 Å². The van der Waals surface area contributed by atoms with Crippen LogP contribution in [0.4, 0.5) is 0 Å². The summed E-state index contributed by atoms with van der Waals surface area (Å²) in [4.78, 5) is 13.0. The van der Waals surface area contributed by atoms with Crippen molar-refractivity contribution in [2.45, 2.75) is 18.9 Å². The molecule has 92 valence electrons. The lowest BCUT2D eigenvalue weighted by Gasteiger charge is -2.35. The van der Waals surface area contributed by atoms with Crippen molar-refractivity contribution in [1.82, 2.24) is 9.21 Å². The van der Waals surface area contributed by atoms with Crippen LogP contribution in [0.5, 0.6) is 0 Å². The second-order valence-corrected chi connectivity index (χ2v) is 6.08. The Balaban J connectivity index is 2.56. The van der Waals surface area contributed by atoms with Gasteiger partial charge in [0.25, 0.3) is 0 Å². The summed E-state index contributed by atoms with van der Waals surface area (Å²) in [5.41, 5.74) is 0. The molecule has 0 bridgehead atoms. The van der Waals surface area contributed by atoms with Gasteiger partial charge in [0, 0.05) is 26.2 Å². The molecule has 0 radical (unpaired) electrons. The van der Waals surface area contributed by atoms with Gasteiger partial charge in [0.15, 0.2) is 0 Å².